The van der Waals surface area contributed by atoms with Crippen LogP contribution in [0.4, 0.5) is 5.69 Å². The summed E-state index contributed by atoms with van der Waals surface area (Å²) >= 11 is 9.31. The second kappa shape index (κ2) is 12.1. The van der Waals surface area contributed by atoms with Crippen molar-refractivity contribution in [3.63, 3.8) is 0 Å². The maximum absolute atomic E-state index is 12.0. The molecule has 0 radical (unpaired) electrons. The first-order valence-electron chi connectivity index (χ1n) is 9.31. The molecule has 8 nitrogen and oxygen atoms in total. The number of hydrogen-bond donors (Lipinski definition) is 3. The number of hydrogen-bond acceptors (Lipinski definition) is 5. The Morgan fingerprint density at radius 1 is 1.00 bits per heavy atom. The van der Waals surface area contributed by atoms with Crippen LogP contribution in [-0.4, -0.2) is 30.3 Å². The van der Waals surface area contributed by atoms with Gasteiger partial charge in [-0.05, 0) is 59.1 Å². The third-order valence-corrected chi connectivity index (χ3v) is 5.24. The van der Waals surface area contributed by atoms with Gasteiger partial charge in [-0.25, -0.2) is 0 Å². The van der Waals surface area contributed by atoms with Gasteiger partial charge >= 0.3 is 5.97 Å². The number of carbonyl (C=O) groups is 4. The fourth-order valence-electron chi connectivity index (χ4n) is 2.43. The average Bonchev–Trinajstić information content (AvgIpc) is 2.75. The van der Waals surface area contributed by atoms with E-state index in [0.29, 0.717) is 20.7 Å². The highest BCUT2D eigenvalue weighted by atomic mass is 79.9. The van der Waals surface area contributed by atoms with E-state index >= 15 is 0 Å². The number of benzene rings is 2. The van der Waals surface area contributed by atoms with Crippen LogP contribution in [0.3, 0.4) is 0 Å². The standard InChI is InChI=1S/C21H21BrClN3O5/c1-13-10-15(22)16(23)11-17(13)24-19(28)12-31-20(29)9-5-8-18(27)25-26-21(30)14-6-3-2-4-7-14/h2-4,6-7,10-11H,5,8-9,12H2,1H3,(H,24,28)(H,25,27)(H,26,30). The number of amides is 3. The van der Waals surface area contributed by atoms with Crippen molar-refractivity contribution in [1.82, 2.24) is 10.9 Å². The summed E-state index contributed by atoms with van der Waals surface area (Å²) < 4.78 is 5.62. The summed E-state index contributed by atoms with van der Waals surface area (Å²) in [5.41, 5.74) is 6.29. The van der Waals surface area contributed by atoms with Crippen LogP contribution in [0.25, 0.3) is 0 Å². The zero-order chi connectivity index (χ0) is 22.8. The van der Waals surface area contributed by atoms with Gasteiger partial charge < -0.3 is 10.1 Å². The van der Waals surface area contributed by atoms with E-state index in [2.05, 4.69) is 32.1 Å². The van der Waals surface area contributed by atoms with Crippen molar-refractivity contribution in [2.24, 2.45) is 0 Å². The maximum Gasteiger partial charge on any atom is 0.306 e. The van der Waals surface area contributed by atoms with E-state index in [1.807, 2.05) is 0 Å². The molecule has 0 aromatic heterocycles. The Kier molecular flexibility index (Phi) is 9.48. The molecule has 10 heteroatoms. The number of hydrazine groups is 1. The van der Waals surface area contributed by atoms with Gasteiger partial charge in [0.2, 0.25) is 5.91 Å². The molecule has 2 aromatic rings. The van der Waals surface area contributed by atoms with Gasteiger partial charge in [0.25, 0.3) is 11.8 Å². The molecule has 0 bridgehead atoms. The van der Waals surface area contributed by atoms with Gasteiger partial charge in [0, 0.05) is 28.6 Å². The van der Waals surface area contributed by atoms with Gasteiger partial charge in [-0.15, -0.1) is 0 Å². The van der Waals surface area contributed by atoms with Crippen LogP contribution in [0.2, 0.25) is 5.02 Å². The number of aryl methyl sites for hydroxylation is 1. The molecule has 0 aliphatic heterocycles. The van der Waals surface area contributed by atoms with Crippen molar-refractivity contribution < 1.29 is 23.9 Å². The first kappa shape index (κ1) is 24.4. The van der Waals surface area contributed by atoms with Crippen LogP contribution in [0, 0.1) is 6.92 Å². The molecule has 0 saturated heterocycles. The number of esters is 1. The molecule has 0 aliphatic carbocycles. The minimum atomic E-state index is -0.609. The molecule has 0 fully saturated rings. The molecule has 0 spiro atoms. The summed E-state index contributed by atoms with van der Waals surface area (Å²) in [5, 5.41) is 3.06. The highest BCUT2D eigenvalue weighted by Gasteiger charge is 2.12. The summed E-state index contributed by atoms with van der Waals surface area (Å²) in [7, 11) is 0. The third kappa shape index (κ3) is 8.39. The Labute approximate surface area is 192 Å². The van der Waals surface area contributed by atoms with Crippen LogP contribution >= 0.6 is 27.5 Å². The van der Waals surface area contributed by atoms with E-state index in [1.54, 1.807) is 49.4 Å². The third-order valence-electron chi connectivity index (χ3n) is 4.04. The minimum Gasteiger partial charge on any atom is -0.456 e. The van der Waals surface area contributed by atoms with E-state index in [0.717, 1.165) is 5.56 Å². The van der Waals surface area contributed by atoms with E-state index in [-0.39, 0.29) is 19.3 Å². The van der Waals surface area contributed by atoms with Crippen LogP contribution in [0.5, 0.6) is 0 Å². The summed E-state index contributed by atoms with van der Waals surface area (Å²) in [4.78, 5) is 47.3. The van der Waals surface area contributed by atoms with Crippen LogP contribution in [-0.2, 0) is 19.1 Å². The predicted molar refractivity (Wildman–Crippen MR) is 119 cm³/mol. The Morgan fingerprint density at radius 2 is 1.71 bits per heavy atom. The number of anilines is 1. The van der Waals surface area contributed by atoms with E-state index < -0.39 is 30.3 Å². The van der Waals surface area contributed by atoms with Gasteiger partial charge in [0.1, 0.15) is 0 Å². The zero-order valence-corrected chi connectivity index (χ0v) is 19.0. The summed E-state index contributed by atoms with van der Waals surface area (Å²) in [5.74, 6) is -2.00. The zero-order valence-electron chi connectivity index (χ0n) is 16.7. The Balaban J connectivity index is 1.63. The highest BCUT2D eigenvalue weighted by Crippen LogP contribution is 2.28. The molecule has 0 unspecified atom stereocenters. The Bertz CT molecular complexity index is 969. The molecule has 3 amide bonds. The van der Waals surface area contributed by atoms with Crippen LogP contribution in [0.1, 0.15) is 35.2 Å². The van der Waals surface area contributed by atoms with E-state index in [1.165, 1.54) is 0 Å². The number of rotatable bonds is 8. The monoisotopic (exact) mass is 509 g/mol. The van der Waals surface area contributed by atoms with E-state index in [9.17, 15) is 19.2 Å². The van der Waals surface area contributed by atoms with Crippen molar-refractivity contribution in [1.29, 1.82) is 0 Å². The summed E-state index contributed by atoms with van der Waals surface area (Å²) in [6.45, 7) is 1.35. The molecule has 2 aromatic carbocycles. The van der Waals surface area contributed by atoms with Gasteiger partial charge in [-0.1, -0.05) is 29.8 Å². The summed E-state index contributed by atoms with van der Waals surface area (Å²) in [6, 6.07) is 11.8. The topological polar surface area (TPSA) is 114 Å². The lowest BCUT2D eigenvalue weighted by atomic mass is 10.2. The summed E-state index contributed by atoms with van der Waals surface area (Å²) in [6.07, 6.45) is 0.165. The van der Waals surface area contributed by atoms with Crippen molar-refractivity contribution in [3.05, 3.63) is 63.1 Å². The van der Waals surface area contributed by atoms with Gasteiger partial charge in [0.05, 0.1) is 5.02 Å². The number of carbonyl (C=O) groups excluding carboxylic acids is 4. The lowest BCUT2D eigenvalue weighted by molar-refractivity contribution is -0.147. The van der Waals surface area contributed by atoms with Crippen LogP contribution < -0.4 is 16.2 Å². The largest absolute Gasteiger partial charge is 0.456 e. The molecule has 0 saturated carbocycles. The molecular formula is C21H21BrClN3O5. The fourth-order valence-corrected chi connectivity index (χ4v) is 3.05. The molecule has 3 N–H and O–H groups in total. The molecule has 0 heterocycles. The fraction of sp³-hybridized carbons (Fsp3) is 0.238. The van der Waals surface area contributed by atoms with Crippen molar-refractivity contribution in [2.45, 2.75) is 26.2 Å². The van der Waals surface area contributed by atoms with Gasteiger partial charge in [-0.2, -0.15) is 0 Å². The average molecular weight is 511 g/mol. The number of ether oxygens (including phenoxy) is 1. The SMILES string of the molecule is Cc1cc(Br)c(Cl)cc1NC(=O)COC(=O)CCCC(=O)NNC(=O)c1ccccc1. The maximum atomic E-state index is 12.0. The molecular weight excluding hydrogens is 490 g/mol. The highest BCUT2D eigenvalue weighted by molar-refractivity contribution is 9.10. The predicted octanol–water partition coefficient (Wildman–Crippen LogP) is 3.52. The lowest BCUT2D eigenvalue weighted by Crippen LogP contribution is -2.41. The molecule has 0 aliphatic rings. The Morgan fingerprint density at radius 3 is 2.42 bits per heavy atom. The van der Waals surface area contributed by atoms with Crippen molar-refractivity contribution >= 4 is 56.9 Å². The van der Waals surface area contributed by atoms with Crippen LogP contribution in [0.15, 0.2) is 46.9 Å². The normalized spacial score (nSPS) is 10.2. The smallest absolute Gasteiger partial charge is 0.306 e. The first-order valence-corrected chi connectivity index (χ1v) is 10.5. The van der Waals surface area contributed by atoms with E-state index in [4.69, 9.17) is 16.3 Å². The molecule has 0 atom stereocenters. The second-order valence-electron chi connectivity index (χ2n) is 6.51. The van der Waals surface area contributed by atoms with Gasteiger partial charge in [-0.3, -0.25) is 30.0 Å². The van der Waals surface area contributed by atoms with Crippen molar-refractivity contribution in [3.8, 4) is 0 Å². The van der Waals surface area contributed by atoms with Gasteiger partial charge in [0.15, 0.2) is 6.61 Å². The first-order chi connectivity index (χ1) is 14.8. The molecule has 2 rings (SSSR count). The molecule has 31 heavy (non-hydrogen) atoms. The number of nitrogens with one attached hydrogen (secondary N) is 3. The van der Waals surface area contributed by atoms with Crippen molar-refractivity contribution in [2.75, 3.05) is 11.9 Å². The lowest BCUT2D eigenvalue weighted by Gasteiger charge is -2.10. The quantitative estimate of drug-likeness (QED) is 0.371. The Hall–Kier alpha value is -2.91. The minimum absolute atomic E-state index is 0.00690. The second-order valence-corrected chi connectivity index (χ2v) is 7.77. The number of halogens is 2. The molecule has 164 valence electrons.